The molecule has 0 amide bonds. The van der Waals surface area contributed by atoms with Crippen LogP contribution in [0.5, 0.6) is 0 Å². The average molecular weight is 389 g/mol. The van der Waals surface area contributed by atoms with E-state index in [1.807, 2.05) is 0 Å². The molecule has 0 unspecified atom stereocenters. The van der Waals surface area contributed by atoms with E-state index in [4.69, 9.17) is 0 Å². The highest BCUT2D eigenvalue weighted by Crippen LogP contribution is 2.52. The van der Waals surface area contributed by atoms with Crippen molar-refractivity contribution in [2.24, 2.45) is 0 Å². The lowest BCUT2D eigenvalue weighted by Gasteiger charge is -2.22. The summed E-state index contributed by atoms with van der Waals surface area (Å²) in [5.41, 5.74) is 12.2. The number of rotatable bonds is 1. The van der Waals surface area contributed by atoms with Gasteiger partial charge in [0, 0.05) is 22.6 Å². The fourth-order valence-corrected chi connectivity index (χ4v) is 5.77. The summed E-state index contributed by atoms with van der Waals surface area (Å²) in [6.07, 6.45) is 0. The Morgan fingerprint density at radius 3 is 1.97 bits per heavy atom. The predicted octanol–water partition coefficient (Wildman–Crippen LogP) is 6.58. The monoisotopic (exact) mass is 388 g/mol. The molecule has 30 heavy (non-hydrogen) atoms. The molecule has 1 aromatic heterocycles. The fraction of sp³-hybridized carbons (Fsp3) is 0.207. The molecule has 0 fully saturated rings. The van der Waals surface area contributed by atoms with Gasteiger partial charge >= 0.3 is 0 Å². The van der Waals surface area contributed by atoms with Gasteiger partial charge in [-0.15, -0.1) is 0 Å². The maximum absolute atomic E-state index is 2.57. The van der Waals surface area contributed by atoms with Gasteiger partial charge in [0.05, 0.1) is 16.5 Å². The van der Waals surface area contributed by atoms with E-state index in [1.54, 1.807) is 0 Å². The molecule has 1 heteroatoms. The summed E-state index contributed by atoms with van der Waals surface area (Å²) < 4.78 is 2.57. The lowest BCUT2D eigenvalue weighted by molar-refractivity contribution is -0.587. The summed E-state index contributed by atoms with van der Waals surface area (Å²) in [6, 6.07) is 31.2. The van der Waals surface area contributed by atoms with E-state index in [2.05, 4.69) is 117 Å². The molecule has 3 aromatic carbocycles. The van der Waals surface area contributed by atoms with Gasteiger partial charge in [0.2, 0.25) is 17.1 Å². The van der Waals surface area contributed by atoms with Crippen LogP contribution in [0.2, 0.25) is 0 Å². The molecule has 0 spiro atoms. The second kappa shape index (κ2) is 5.70. The van der Waals surface area contributed by atoms with Crippen LogP contribution in [0.25, 0.3) is 28.1 Å². The normalized spacial score (nSPS) is 16.5. The van der Waals surface area contributed by atoms with E-state index < -0.39 is 0 Å². The van der Waals surface area contributed by atoms with Gasteiger partial charge in [-0.2, -0.15) is 4.57 Å². The van der Waals surface area contributed by atoms with Crippen molar-refractivity contribution >= 4 is 0 Å². The smallest absolute Gasteiger partial charge is 0.155 e. The van der Waals surface area contributed by atoms with Gasteiger partial charge < -0.3 is 0 Å². The first-order valence-corrected chi connectivity index (χ1v) is 10.8. The van der Waals surface area contributed by atoms with Crippen LogP contribution >= 0.6 is 0 Å². The van der Waals surface area contributed by atoms with Crippen LogP contribution in [0.3, 0.4) is 0 Å². The summed E-state index contributed by atoms with van der Waals surface area (Å²) in [6.45, 7) is 9.47. The maximum Gasteiger partial charge on any atom is 0.223 e. The third-order valence-electron chi connectivity index (χ3n) is 7.27. The molecule has 6 rings (SSSR count). The van der Waals surface area contributed by atoms with Crippen LogP contribution in [0.4, 0.5) is 0 Å². The van der Waals surface area contributed by atoms with Crippen LogP contribution in [0.1, 0.15) is 50.1 Å². The number of benzene rings is 3. The standard InChI is InChI=1S/C29H26N/c1-28(2)22-15-9-8-14-20(22)26-24(28)18-21(19-12-6-5-7-13-19)27-29(3,4)23-16-10-11-17-25(23)30(26)27/h5-18H,1-4H3/q+1. The van der Waals surface area contributed by atoms with Crippen LogP contribution in [0, 0.1) is 0 Å². The molecule has 0 bridgehead atoms. The Kier molecular flexibility index (Phi) is 3.35. The first kappa shape index (κ1) is 17.7. The minimum Gasteiger partial charge on any atom is -0.155 e. The molecule has 2 aliphatic rings. The summed E-state index contributed by atoms with van der Waals surface area (Å²) in [4.78, 5) is 0. The van der Waals surface area contributed by atoms with E-state index in [-0.39, 0.29) is 10.8 Å². The van der Waals surface area contributed by atoms with Crippen molar-refractivity contribution in [2.75, 3.05) is 0 Å². The van der Waals surface area contributed by atoms with Gasteiger partial charge in [0.25, 0.3) is 0 Å². The number of para-hydroxylation sites is 1. The summed E-state index contributed by atoms with van der Waals surface area (Å²) >= 11 is 0. The molecular formula is C29H26N+. The van der Waals surface area contributed by atoms with E-state index in [9.17, 15) is 0 Å². The Hall–Kier alpha value is -3.19. The molecule has 0 radical (unpaired) electrons. The highest BCUT2D eigenvalue weighted by molar-refractivity contribution is 5.81. The molecule has 4 aromatic rings. The summed E-state index contributed by atoms with van der Waals surface area (Å²) in [5.74, 6) is 0. The molecule has 1 nitrogen and oxygen atoms in total. The maximum atomic E-state index is 2.57. The largest absolute Gasteiger partial charge is 0.223 e. The Bertz CT molecular complexity index is 1330. The Morgan fingerprint density at radius 1 is 0.567 bits per heavy atom. The van der Waals surface area contributed by atoms with Gasteiger partial charge in [-0.1, -0.05) is 80.6 Å². The number of hydrogen-bond acceptors (Lipinski definition) is 0. The van der Waals surface area contributed by atoms with Crippen molar-refractivity contribution in [3.05, 3.63) is 107 Å². The van der Waals surface area contributed by atoms with Crippen molar-refractivity contribution in [3.8, 4) is 28.1 Å². The number of nitrogens with zero attached hydrogens (tertiary/aromatic N) is 1. The quantitative estimate of drug-likeness (QED) is 0.324. The zero-order valence-corrected chi connectivity index (χ0v) is 18.0. The van der Waals surface area contributed by atoms with Crippen molar-refractivity contribution in [1.82, 2.24) is 0 Å². The van der Waals surface area contributed by atoms with Crippen LogP contribution < -0.4 is 4.57 Å². The molecule has 146 valence electrons. The zero-order chi connectivity index (χ0) is 20.7. The summed E-state index contributed by atoms with van der Waals surface area (Å²) in [5, 5.41) is 0. The minimum atomic E-state index is -0.0710. The van der Waals surface area contributed by atoms with E-state index in [0.717, 1.165) is 0 Å². The molecule has 0 N–H and O–H groups in total. The fourth-order valence-electron chi connectivity index (χ4n) is 5.77. The highest BCUT2D eigenvalue weighted by Gasteiger charge is 2.52. The molecule has 0 saturated carbocycles. The molecule has 0 atom stereocenters. The lowest BCUT2D eigenvalue weighted by Crippen LogP contribution is -2.39. The number of pyridine rings is 1. The van der Waals surface area contributed by atoms with Gasteiger partial charge in [-0.05, 0) is 37.1 Å². The van der Waals surface area contributed by atoms with Crippen LogP contribution in [-0.2, 0) is 10.8 Å². The van der Waals surface area contributed by atoms with Crippen LogP contribution in [0.15, 0.2) is 84.9 Å². The third-order valence-corrected chi connectivity index (χ3v) is 7.27. The minimum absolute atomic E-state index is 0.0286. The topological polar surface area (TPSA) is 3.88 Å². The second-order valence-electron chi connectivity index (χ2n) is 9.68. The van der Waals surface area contributed by atoms with Gasteiger partial charge in [0.1, 0.15) is 0 Å². The Morgan fingerprint density at radius 2 is 1.20 bits per heavy atom. The third kappa shape index (κ3) is 2.05. The second-order valence-corrected chi connectivity index (χ2v) is 9.68. The molecule has 2 heterocycles. The Balaban J connectivity index is 1.83. The van der Waals surface area contributed by atoms with Gasteiger partial charge in [-0.25, -0.2) is 0 Å². The van der Waals surface area contributed by atoms with Gasteiger partial charge in [-0.3, -0.25) is 0 Å². The molecule has 1 aliphatic heterocycles. The highest BCUT2D eigenvalue weighted by atomic mass is 15.1. The van der Waals surface area contributed by atoms with E-state index in [0.29, 0.717) is 0 Å². The SMILES string of the molecule is CC1(C)c2ccccc2-c2c1cc(-c1ccccc1)c1[n+]2-c2ccccc2C1(C)C. The van der Waals surface area contributed by atoms with Crippen LogP contribution in [-0.4, -0.2) is 0 Å². The first-order chi connectivity index (χ1) is 14.4. The molecular weight excluding hydrogens is 362 g/mol. The lowest BCUT2D eigenvalue weighted by atomic mass is 9.78. The van der Waals surface area contributed by atoms with Crippen molar-refractivity contribution in [3.63, 3.8) is 0 Å². The number of hydrogen-bond donors (Lipinski definition) is 0. The molecule has 0 saturated heterocycles. The molecule has 1 aliphatic carbocycles. The van der Waals surface area contributed by atoms with E-state index in [1.165, 1.54) is 50.5 Å². The first-order valence-electron chi connectivity index (χ1n) is 10.8. The van der Waals surface area contributed by atoms with Crippen molar-refractivity contribution < 1.29 is 4.57 Å². The predicted molar refractivity (Wildman–Crippen MR) is 123 cm³/mol. The summed E-state index contributed by atoms with van der Waals surface area (Å²) in [7, 11) is 0. The average Bonchev–Trinajstić information content (AvgIpc) is 3.14. The van der Waals surface area contributed by atoms with E-state index >= 15 is 0 Å². The Labute approximate surface area is 178 Å². The van der Waals surface area contributed by atoms with Crippen molar-refractivity contribution in [1.29, 1.82) is 0 Å². The van der Waals surface area contributed by atoms with Gasteiger partial charge in [0.15, 0.2) is 0 Å². The zero-order valence-electron chi connectivity index (χ0n) is 18.0. The number of fused-ring (bicyclic) bond motifs is 7. The van der Waals surface area contributed by atoms with Crippen molar-refractivity contribution in [2.45, 2.75) is 38.5 Å². The number of aromatic nitrogens is 1.